The van der Waals surface area contributed by atoms with E-state index in [0.717, 1.165) is 18.7 Å². The van der Waals surface area contributed by atoms with E-state index < -0.39 is 0 Å². The average Bonchev–Trinajstić information content (AvgIpc) is 2.53. The molecule has 0 unspecified atom stereocenters. The highest BCUT2D eigenvalue weighted by molar-refractivity contribution is 6.30. The number of halogens is 1. The van der Waals surface area contributed by atoms with Crippen molar-refractivity contribution < 1.29 is 9.59 Å². The number of carbonyl (C=O) groups excluding carboxylic acids is 2. The predicted molar refractivity (Wildman–Crippen MR) is 86.6 cm³/mol. The highest BCUT2D eigenvalue weighted by atomic mass is 35.5. The first kappa shape index (κ1) is 16.8. The summed E-state index contributed by atoms with van der Waals surface area (Å²) in [6, 6.07) is 7.24. The molecule has 0 bridgehead atoms. The number of nitrogens with zero attached hydrogens (tertiary/aromatic N) is 2. The summed E-state index contributed by atoms with van der Waals surface area (Å²) in [6.45, 7) is 6.81. The summed E-state index contributed by atoms with van der Waals surface area (Å²) in [5.74, 6) is 0.103. The Morgan fingerprint density at radius 2 is 1.77 bits per heavy atom. The van der Waals surface area contributed by atoms with Gasteiger partial charge in [-0.15, -0.1) is 0 Å². The molecule has 0 spiro atoms. The molecule has 1 atom stereocenters. The van der Waals surface area contributed by atoms with Crippen LogP contribution in [-0.2, 0) is 16.1 Å². The second-order valence-corrected chi connectivity index (χ2v) is 6.00. The van der Waals surface area contributed by atoms with Gasteiger partial charge in [-0.2, -0.15) is 0 Å². The van der Waals surface area contributed by atoms with Crippen molar-refractivity contribution in [3.05, 3.63) is 34.9 Å². The minimum absolute atomic E-state index is 0.00576. The highest BCUT2D eigenvalue weighted by Gasteiger charge is 2.26. The van der Waals surface area contributed by atoms with Crippen molar-refractivity contribution in [2.24, 2.45) is 0 Å². The van der Waals surface area contributed by atoms with Crippen molar-refractivity contribution in [1.29, 1.82) is 0 Å². The topological polar surface area (TPSA) is 52.7 Å². The molecule has 2 amide bonds. The first-order valence-corrected chi connectivity index (χ1v) is 7.87. The van der Waals surface area contributed by atoms with E-state index in [9.17, 15) is 9.59 Å². The van der Waals surface area contributed by atoms with Gasteiger partial charge < -0.3 is 10.2 Å². The van der Waals surface area contributed by atoms with Crippen molar-refractivity contribution in [2.45, 2.75) is 26.4 Å². The van der Waals surface area contributed by atoms with Crippen LogP contribution in [0.15, 0.2) is 24.3 Å². The molecular weight excluding hydrogens is 302 g/mol. The fourth-order valence-electron chi connectivity index (χ4n) is 2.53. The number of hydrogen-bond donors (Lipinski definition) is 1. The van der Waals surface area contributed by atoms with E-state index in [1.165, 1.54) is 0 Å². The Morgan fingerprint density at radius 3 is 2.32 bits per heavy atom. The van der Waals surface area contributed by atoms with Crippen molar-refractivity contribution in [3.63, 3.8) is 0 Å². The number of benzene rings is 1. The first-order chi connectivity index (χ1) is 10.5. The lowest BCUT2D eigenvalue weighted by Crippen LogP contribution is -2.54. The Hall–Kier alpha value is -1.59. The number of carbonyl (C=O) groups is 2. The number of nitrogens with one attached hydrogen (secondary N) is 1. The maximum Gasteiger partial charge on any atom is 0.237 e. The Morgan fingerprint density at radius 1 is 1.18 bits per heavy atom. The molecule has 1 aliphatic rings. The Labute approximate surface area is 136 Å². The molecule has 1 saturated heterocycles. The molecule has 0 aromatic heterocycles. The molecule has 5 nitrogen and oxygen atoms in total. The van der Waals surface area contributed by atoms with Crippen molar-refractivity contribution in [2.75, 3.05) is 26.2 Å². The van der Waals surface area contributed by atoms with Crippen LogP contribution in [0.1, 0.15) is 19.4 Å². The molecule has 22 heavy (non-hydrogen) atoms. The summed E-state index contributed by atoms with van der Waals surface area (Å²) in [5, 5.41) is 3.63. The zero-order valence-electron chi connectivity index (χ0n) is 13.0. The van der Waals surface area contributed by atoms with Crippen LogP contribution in [0, 0.1) is 0 Å². The minimum Gasteiger partial charge on any atom is -0.351 e. The van der Waals surface area contributed by atoms with Crippen LogP contribution in [-0.4, -0.2) is 53.8 Å². The van der Waals surface area contributed by atoms with Gasteiger partial charge in [-0.25, -0.2) is 0 Å². The normalized spacial score (nSPS) is 17.1. The summed E-state index contributed by atoms with van der Waals surface area (Å²) in [6.07, 6.45) is 0. The van der Waals surface area contributed by atoms with Crippen LogP contribution < -0.4 is 5.32 Å². The molecule has 1 N–H and O–H groups in total. The lowest BCUT2D eigenvalue weighted by molar-refractivity contribution is -0.132. The number of amides is 2. The average molecular weight is 324 g/mol. The highest BCUT2D eigenvalue weighted by Crippen LogP contribution is 2.10. The number of piperazine rings is 1. The summed E-state index contributed by atoms with van der Waals surface area (Å²) < 4.78 is 0. The molecule has 1 aromatic rings. The predicted octanol–water partition coefficient (Wildman–Crippen LogP) is 1.51. The minimum atomic E-state index is -0.193. The standard InChI is InChI=1S/C16H22ClN3O2/c1-12(19-7-9-20(10-8-19)13(2)21)16(22)18-11-14-3-5-15(17)6-4-14/h3-6,12H,7-11H2,1-2H3,(H,18,22)/t12-/m0/s1. The zero-order valence-corrected chi connectivity index (χ0v) is 13.8. The van der Waals surface area contributed by atoms with Crippen LogP contribution in [0.3, 0.4) is 0 Å². The van der Waals surface area contributed by atoms with Gasteiger partial charge in [0.05, 0.1) is 6.04 Å². The second-order valence-electron chi connectivity index (χ2n) is 5.56. The van der Waals surface area contributed by atoms with E-state index in [-0.39, 0.29) is 17.9 Å². The summed E-state index contributed by atoms with van der Waals surface area (Å²) >= 11 is 5.84. The van der Waals surface area contributed by atoms with Crippen molar-refractivity contribution in [3.8, 4) is 0 Å². The van der Waals surface area contributed by atoms with Crippen LogP contribution in [0.2, 0.25) is 5.02 Å². The van der Waals surface area contributed by atoms with E-state index in [2.05, 4.69) is 10.2 Å². The molecule has 0 radical (unpaired) electrons. The molecule has 1 aliphatic heterocycles. The molecule has 0 saturated carbocycles. The van der Waals surface area contributed by atoms with Crippen LogP contribution in [0.4, 0.5) is 0 Å². The van der Waals surface area contributed by atoms with Gasteiger partial charge in [-0.1, -0.05) is 23.7 Å². The largest absolute Gasteiger partial charge is 0.351 e. The molecule has 6 heteroatoms. The van der Waals surface area contributed by atoms with Gasteiger partial charge >= 0.3 is 0 Å². The van der Waals surface area contributed by atoms with Gasteiger partial charge in [-0.3, -0.25) is 14.5 Å². The van der Waals surface area contributed by atoms with Gasteiger partial charge in [-0.05, 0) is 24.6 Å². The fraction of sp³-hybridized carbons (Fsp3) is 0.500. The smallest absolute Gasteiger partial charge is 0.237 e. The Balaban J connectivity index is 1.80. The third-order valence-corrected chi connectivity index (χ3v) is 4.32. The SMILES string of the molecule is CC(=O)N1CCN([C@@H](C)C(=O)NCc2ccc(Cl)cc2)CC1. The Kier molecular flexibility index (Phi) is 5.80. The van der Waals surface area contributed by atoms with Crippen LogP contribution in [0.25, 0.3) is 0 Å². The van der Waals surface area contributed by atoms with Crippen LogP contribution in [0.5, 0.6) is 0 Å². The van der Waals surface area contributed by atoms with E-state index in [1.54, 1.807) is 6.92 Å². The van der Waals surface area contributed by atoms with E-state index in [1.807, 2.05) is 36.1 Å². The lowest BCUT2D eigenvalue weighted by atomic mass is 10.2. The fourth-order valence-corrected chi connectivity index (χ4v) is 2.66. The van der Waals surface area contributed by atoms with E-state index >= 15 is 0 Å². The second kappa shape index (κ2) is 7.61. The molecule has 1 fully saturated rings. The molecular formula is C16H22ClN3O2. The number of rotatable bonds is 4. The lowest BCUT2D eigenvalue weighted by Gasteiger charge is -2.37. The number of hydrogen-bond acceptors (Lipinski definition) is 3. The zero-order chi connectivity index (χ0) is 16.1. The summed E-state index contributed by atoms with van der Waals surface area (Å²) in [5.41, 5.74) is 1.02. The maximum absolute atomic E-state index is 12.2. The molecule has 1 heterocycles. The van der Waals surface area contributed by atoms with Crippen molar-refractivity contribution in [1.82, 2.24) is 15.1 Å². The third kappa shape index (κ3) is 4.45. The molecule has 120 valence electrons. The first-order valence-electron chi connectivity index (χ1n) is 7.49. The van der Waals surface area contributed by atoms with Gasteiger partial charge in [0.2, 0.25) is 11.8 Å². The Bertz CT molecular complexity index is 525. The van der Waals surface area contributed by atoms with Gasteiger partial charge in [0.1, 0.15) is 0 Å². The quantitative estimate of drug-likeness (QED) is 0.914. The monoisotopic (exact) mass is 323 g/mol. The summed E-state index contributed by atoms with van der Waals surface area (Å²) in [7, 11) is 0. The summed E-state index contributed by atoms with van der Waals surface area (Å²) in [4.78, 5) is 27.5. The van der Waals surface area contributed by atoms with Crippen LogP contribution >= 0.6 is 11.6 Å². The molecule has 0 aliphatic carbocycles. The van der Waals surface area contributed by atoms with E-state index in [0.29, 0.717) is 24.7 Å². The van der Waals surface area contributed by atoms with Gasteiger partial charge in [0, 0.05) is 44.7 Å². The molecule has 2 rings (SSSR count). The molecule has 1 aromatic carbocycles. The third-order valence-electron chi connectivity index (χ3n) is 4.07. The van der Waals surface area contributed by atoms with Crippen molar-refractivity contribution >= 4 is 23.4 Å². The maximum atomic E-state index is 12.2. The van der Waals surface area contributed by atoms with Gasteiger partial charge in [0.25, 0.3) is 0 Å². The van der Waals surface area contributed by atoms with E-state index in [4.69, 9.17) is 11.6 Å². The van der Waals surface area contributed by atoms with Gasteiger partial charge in [0.15, 0.2) is 0 Å².